The molecule has 3 aromatic rings. The molecule has 0 N–H and O–H groups in total. The number of ketones is 1. The summed E-state index contributed by atoms with van der Waals surface area (Å²) in [4.78, 5) is 29.5. The molecular formula is C23H23ClN6O2. The van der Waals surface area contributed by atoms with E-state index in [0.717, 1.165) is 16.8 Å². The molecule has 0 fully saturated rings. The van der Waals surface area contributed by atoms with E-state index in [2.05, 4.69) is 15.5 Å². The third-order valence-electron chi connectivity index (χ3n) is 5.54. The van der Waals surface area contributed by atoms with Crippen LogP contribution in [0.4, 0.5) is 5.69 Å². The van der Waals surface area contributed by atoms with Crippen LogP contribution in [0.1, 0.15) is 29.7 Å². The van der Waals surface area contributed by atoms with E-state index < -0.39 is 6.04 Å². The molecule has 2 aromatic carbocycles. The molecule has 32 heavy (non-hydrogen) atoms. The van der Waals surface area contributed by atoms with Crippen LogP contribution < -0.4 is 4.90 Å². The Bertz CT molecular complexity index is 1190. The third kappa shape index (κ3) is 4.13. The first-order valence-corrected chi connectivity index (χ1v) is 10.6. The smallest absolute Gasteiger partial charge is 0.247 e. The van der Waals surface area contributed by atoms with Crippen LogP contribution in [0.3, 0.4) is 0 Å². The van der Waals surface area contributed by atoms with Crippen LogP contribution in [-0.4, -0.2) is 57.4 Å². The van der Waals surface area contributed by atoms with Gasteiger partial charge in [0.05, 0.1) is 5.69 Å². The fourth-order valence-corrected chi connectivity index (χ4v) is 4.32. The van der Waals surface area contributed by atoms with Crippen LogP contribution in [0.2, 0.25) is 5.02 Å². The van der Waals surface area contributed by atoms with Gasteiger partial charge in [0.25, 0.3) is 0 Å². The van der Waals surface area contributed by atoms with Crippen molar-refractivity contribution in [2.24, 2.45) is 0 Å². The Morgan fingerprint density at radius 3 is 2.72 bits per heavy atom. The van der Waals surface area contributed by atoms with Crippen molar-refractivity contribution in [2.45, 2.75) is 19.4 Å². The van der Waals surface area contributed by atoms with Gasteiger partial charge in [0, 0.05) is 43.0 Å². The van der Waals surface area contributed by atoms with Crippen LogP contribution in [0.15, 0.2) is 48.8 Å². The predicted octanol–water partition coefficient (Wildman–Crippen LogP) is 3.11. The summed E-state index contributed by atoms with van der Waals surface area (Å²) in [5.74, 6) is -0.311. The van der Waals surface area contributed by atoms with E-state index in [4.69, 9.17) is 11.6 Å². The number of tetrazole rings is 1. The van der Waals surface area contributed by atoms with Crippen LogP contribution in [0, 0.1) is 0 Å². The Labute approximate surface area is 191 Å². The lowest BCUT2D eigenvalue weighted by atomic mass is 9.89. The van der Waals surface area contributed by atoms with Crippen LogP contribution in [-0.2, 0) is 16.0 Å². The number of amides is 1. The number of halogens is 1. The number of carbonyl (C=O) groups is 2. The van der Waals surface area contributed by atoms with Crippen molar-refractivity contribution < 1.29 is 9.59 Å². The average Bonchev–Trinajstić information content (AvgIpc) is 3.30. The van der Waals surface area contributed by atoms with Crippen molar-refractivity contribution in [1.82, 2.24) is 25.1 Å². The molecule has 0 spiro atoms. The zero-order valence-electron chi connectivity index (χ0n) is 18.1. The van der Waals surface area contributed by atoms with E-state index in [1.807, 2.05) is 37.2 Å². The number of aromatic nitrogens is 4. The zero-order chi connectivity index (χ0) is 22.8. The van der Waals surface area contributed by atoms with Gasteiger partial charge < -0.3 is 9.80 Å². The molecular weight excluding hydrogens is 428 g/mol. The summed E-state index contributed by atoms with van der Waals surface area (Å²) < 4.78 is 1.50. The van der Waals surface area contributed by atoms with E-state index >= 15 is 0 Å². The van der Waals surface area contributed by atoms with Crippen molar-refractivity contribution in [3.8, 4) is 5.69 Å². The summed E-state index contributed by atoms with van der Waals surface area (Å²) in [6.45, 7) is 1.99. The normalized spacial score (nSPS) is 15.6. The van der Waals surface area contributed by atoms with Crippen molar-refractivity contribution in [1.29, 1.82) is 0 Å². The molecule has 0 aliphatic carbocycles. The highest BCUT2D eigenvalue weighted by atomic mass is 35.5. The Morgan fingerprint density at radius 1 is 1.22 bits per heavy atom. The molecule has 164 valence electrons. The van der Waals surface area contributed by atoms with Crippen molar-refractivity contribution >= 4 is 35.1 Å². The number of fused-ring (bicyclic) bond motifs is 1. The highest BCUT2D eigenvalue weighted by Crippen LogP contribution is 2.35. The summed E-state index contributed by atoms with van der Waals surface area (Å²) >= 11 is 6.16. The number of anilines is 1. The fourth-order valence-electron chi connectivity index (χ4n) is 4.14. The first-order valence-electron chi connectivity index (χ1n) is 10.2. The van der Waals surface area contributed by atoms with Gasteiger partial charge in [0.1, 0.15) is 12.4 Å². The maximum atomic E-state index is 13.2. The summed E-state index contributed by atoms with van der Waals surface area (Å²) in [5, 5.41) is 11.8. The first-order chi connectivity index (χ1) is 15.4. The van der Waals surface area contributed by atoms with Gasteiger partial charge in [-0.2, -0.15) is 4.68 Å². The minimum absolute atomic E-state index is 0.0688. The molecule has 0 radical (unpaired) electrons. The van der Waals surface area contributed by atoms with Gasteiger partial charge in [0.15, 0.2) is 5.78 Å². The molecule has 1 aromatic heterocycles. The quantitative estimate of drug-likeness (QED) is 0.555. The van der Waals surface area contributed by atoms with Gasteiger partial charge in [-0.05, 0) is 65.2 Å². The highest BCUT2D eigenvalue weighted by molar-refractivity contribution is 6.30. The molecule has 1 aliphatic rings. The lowest BCUT2D eigenvalue weighted by molar-refractivity contribution is -0.135. The maximum absolute atomic E-state index is 13.2. The monoisotopic (exact) mass is 450 g/mol. The maximum Gasteiger partial charge on any atom is 0.247 e. The summed E-state index contributed by atoms with van der Waals surface area (Å²) in [5.41, 5.74) is 4.44. The number of benzene rings is 2. The van der Waals surface area contributed by atoms with E-state index in [9.17, 15) is 9.59 Å². The lowest BCUT2D eigenvalue weighted by Crippen LogP contribution is -2.42. The van der Waals surface area contributed by atoms with Crippen LogP contribution in [0.25, 0.3) is 11.8 Å². The molecule has 9 heteroatoms. The molecule has 4 rings (SSSR count). The van der Waals surface area contributed by atoms with E-state index in [-0.39, 0.29) is 11.7 Å². The number of rotatable bonds is 5. The Kier molecular flexibility index (Phi) is 6.05. The minimum atomic E-state index is -0.617. The third-order valence-corrected chi connectivity index (χ3v) is 5.77. The molecule has 0 bridgehead atoms. The topological polar surface area (TPSA) is 84.2 Å². The minimum Gasteiger partial charge on any atom is -0.377 e. The van der Waals surface area contributed by atoms with Gasteiger partial charge in [-0.1, -0.05) is 23.7 Å². The Morgan fingerprint density at radius 2 is 2.03 bits per heavy atom. The van der Waals surface area contributed by atoms with Gasteiger partial charge in [-0.15, -0.1) is 5.10 Å². The van der Waals surface area contributed by atoms with Gasteiger partial charge in [-0.25, -0.2) is 0 Å². The second kappa shape index (κ2) is 8.92. The summed E-state index contributed by atoms with van der Waals surface area (Å²) in [7, 11) is 3.96. The molecule has 1 aliphatic heterocycles. The number of hydrogen-bond acceptors (Lipinski definition) is 6. The molecule has 0 saturated heterocycles. The average molecular weight is 451 g/mol. The highest BCUT2D eigenvalue weighted by Gasteiger charge is 2.34. The van der Waals surface area contributed by atoms with Crippen molar-refractivity contribution in [3.63, 3.8) is 0 Å². The number of carbonyl (C=O) groups excluding carboxylic acids is 2. The SMILES string of the molecule is CC(=O)C1c2cccc(N(C)C)c2CCN1C(=O)/C=C/c1cc(Cl)ccc1-n1cnnn1. The number of nitrogens with zero attached hydrogens (tertiary/aromatic N) is 6. The van der Waals surface area contributed by atoms with Crippen LogP contribution in [0.5, 0.6) is 0 Å². The molecule has 1 atom stereocenters. The molecule has 1 amide bonds. The second-order valence-electron chi connectivity index (χ2n) is 7.83. The number of hydrogen-bond donors (Lipinski definition) is 0. The largest absolute Gasteiger partial charge is 0.377 e. The van der Waals surface area contributed by atoms with Crippen molar-refractivity contribution in [3.05, 3.63) is 70.5 Å². The van der Waals surface area contributed by atoms with Gasteiger partial charge in [0.2, 0.25) is 5.91 Å². The van der Waals surface area contributed by atoms with Gasteiger partial charge >= 0.3 is 0 Å². The molecule has 0 saturated carbocycles. The molecule has 1 unspecified atom stereocenters. The second-order valence-corrected chi connectivity index (χ2v) is 8.26. The van der Waals surface area contributed by atoms with E-state index in [1.165, 1.54) is 24.0 Å². The molecule has 8 nitrogen and oxygen atoms in total. The zero-order valence-corrected chi connectivity index (χ0v) is 18.8. The Hall–Kier alpha value is -3.52. The van der Waals surface area contributed by atoms with E-state index in [1.54, 1.807) is 29.2 Å². The standard InChI is InChI=1S/C23H23ClN6O2/c1-15(31)23-19-5-4-6-21(28(2)3)18(19)11-12-29(23)22(32)10-7-16-13-17(24)8-9-20(16)30-14-25-26-27-30/h4-10,13-14,23H,11-12H2,1-3H3/b10-7+. The van der Waals surface area contributed by atoms with Gasteiger partial charge in [-0.3, -0.25) is 9.59 Å². The first kappa shape index (κ1) is 21.7. The predicted molar refractivity (Wildman–Crippen MR) is 123 cm³/mol. The van der Waals surface area contributed by atoms with E-state index in [0.29, 0.717) is 29.2 Å². The molecule has 2 heterocycles. The summed E-state index contributed by atoms with van der Waals surface area (Å²) in [6.07, 6.45) is 5.29. The Balaban J connectivity index is 1.66. The lowest BCUT2D eigenvalue weighted by Gasteiger charge is -2.37. The number of Topliss-reactive ketones (excluding diaryl/α,β-unsaturated/α-hetero) is 1. The summed E-state index contributed by atoms with van der Waals surface area (Å²) in [6, 6.07) is 10.5. The fraction of sp³-hybridized carbons (Fsp3) is 0.261. The van der Waals surface area contributed by atoms with Crippen molar-refractivity contribution in [2.75, 3.05) is 25.5 Å². The van der Waals surface area contributed by atoms with Crippen LogP contribution >= 0.6 is 11.6 Å².